The second-order valence-corrected chi connectivity index (χ2v) is 7.59. The number of carbonyl (C=O) groups excluding carboxylic acids is 1. The van der Waals surface area contributed by atoms with Crippen molar-refractivity contribution in [1.29, 1.82) is 0 Å². The zero-order valence-electron chi connectivity index (χ0n) is 16.3. The molecule has 2 atom stereocenters. The van der Waals surface area contributed by atoms with Crippen molar-refractivity contribution in [3.05, 3.63) is 65.9 Å². The summed E-state index contributed by atoms with van der Waals surface area (Å²) in [5, 5.41) is 0. The Morgan fingerprint density at radius 2 is 1.96 bits per heavy atom. The highest BCUT2D eigenvalue weighted by Gasteiger charge is 2.33. The number of hydrogen-bond donors (Lipinski definition) is 1. The molecule has 28 heavy (non-hydrogen) atoms. The molecular formula is C23H25N3O2. The Kier molecular flexibility index (Phi) is 5.01. The smallest absolute Gasteiger partial charge is 0.254 e. The second kappa shape index (κ2) is 7.60. The van der Waals surface area contributed by atoms with Crippen molar-refractivity contribution in [1.82, 2.24) is 9.88 Å². The number of oxazole rings is 1. The van der Waals surface area contributed by atoms with Crippen molar-refractivity contribution in [2.75, 3.05) is 13.1 Å². The number of likely N-dealkylation sites (tertiary alicyclic amines) is 1. The Morgan fingerprint density at radius 3 is 2.68 bits per heavy atom. The summed E-state index contributed by atoms with van der Waals surface area (Å²) in [5.74, 6) is 1.52. The van der Waals surface area contributed by atoms with E-state index in [2.05, 4.69) is 11.9 Å². The van der Waals surface area contributed by atoms with E-state index in [1.54, 1.807) is 6.20 Å². The molecule has 5 nitrogen and oxygen atoms in total. The fourth-order valence-electron chi connectivity index (χ4n) is 3.86. The van der Waals surface area contributed by atoms with Gasteiger partial charge in [0.2, 0.25) is 5.89 Å². The summed E-state index contributed by atoms with van der Waals surface area (Å²) >= 11 is 0. The van der Waals surface area contributed by atoms with Crippen LogP contribution < -0.4 is 5.73 Å². The van der Waals surface area contributed by atoms with Crippen LogP contribution in [0.25, 0.3) is 22.8 Å². The van der Waals surface area contributed by atoms with Crippen LogP contribution in [0, 0.1) is 12.8 Å². The maximum atomic E-state index is 13.2. The highest BCUT2D eigenvalue weighted by Crippen LogP contribution is 2.31. The molecule has 0 saturated carbocycles. The first-order valence-corrected chi connectivity index (χ1v) is 9.70. The van der Waals surface area contributed by atoms with Gasteiger partial charge in [-0.2, -0.15) is 0 Å². The molecule has 1 aromatic heterocycles. The minimum absolute atomic E-state index is 0.00846. The van der Waals surface area contributed by atoms with Gasteiger partial charge in [-0.15, -0.1) is 0 Å². The molecule has 1 saturated heterocycles. The normalized spacial score (nSPS) is 19.2. The molecule has 1 aliphatic heterocycles. The van der Waals surface area contributed by atoms with E-state index in [-0.39, 0.29) is 11.9 Å². The molecule has 0 radical (unpaired) electrons. The van der Waals surface area contributed by atoms with Gasteiger partial charge >= 0.3 is 0 Å². The predicted octanol–water partition coefficient (Wildman–Crippen LogP) is 4.13. The maximum Gasteiger partial charge on any atom is 0.254 e. The van der Waals surface area contributed by atoms with Gasteiger partial charge in [0.15, 0.2) is 5.76 Å². The van der Waals surface area contributed by atoms with Gasteiger partial charge in [-0.3, -0.25) is 4.79 Å². The van der Waals surface area contributed by atoms with Crippen LogP contribution in [0.3, 0.4) is 0 Å². The SMILES string of the molecule is Cc1ccc(-c2cnc(-c3ccccc3C(=O)N3CC(CN)CC3C)o2)cc1. The third kappa shape index (κ3) is 3.45. The monoisotopic (exact) mass is 375 g/mol. The van der Waals surface area contributed by atoms with E-state index >= 15 is 0 Å². The van der Waals surface area contributed by atoms with Crippen LogP contribution in [-0.4, -0.2) is 34.9 Å². The largest absolute Gasteiger partial charge is 0.436 e. The Labute approximate surface area is 165 Å². The summed E-state index contributed by atoms with van der Waals surface area (Å²) in [4.78, 5) is 19.6. The molecule has 2 aromatic carbocycles. The lowest BCUT2D eigenvalue weighted by Gasteiger charge is -2.22. The fraction of sp³-hybridized carbons (Fsp3) is 0.304. The molecular weight excluding hydrogens is 350 g/mol. The minimum atomic E-state index is 0.00846. The average molecular weight is 375 g/mol. The second-order valence-electron chi connectivity index (χ2n) is 7.59. The molecule has 4 rings (SSSR count). The summed E-state index contributed by atoms with van der Waals surface area (Å²) in [6, 6.07) is 15.8. The number of aromatic nitrogens is 1. The molecule has 3 aromatic rings. The predicted molar refractivity (Wildman–Crippen MR) is 110 cm³/mol. The molecule has 2 heterocycles. The summed E-state index contributed by atoms with van der Waals surface area (Å²) in [5.41, 5.74) is 9.31. The van der Waals surface area contributed by atoms with E-state index in [4.69, 9.17) is 10.2 Å². The fourth-order valence-corrected chi connectivity index (χ4v) is 3.86. The number of rotatable bonds is 4. The molecule has 1 aliphatic rings. The lowest BCUT2D eigenvalue weighted by molar-refractivity contribution is 0.0744. The van der Waals surface area contributed by atoms with Crippen LogP contribution >= 0.6 is 0 Å². The molecule has 0 bridgehead atoms. The van der Waals surface area contributed by atoms with Crippen molar-refractivity contribution in [3.8, 4) is 22.8 Å². The van der Waals surface area contributed by atoms with E-state index in [1.807, 2.05) is 60.4 Å². The highest BCUT2D eigenvalue weighted by molar-refractivity contribution is 6.00. The van der Waals surface area contributed by atoms with E-state index in [9.17, 15) is 4.79 Å². The van der Waals surface area contributed by atoms with Gasteiger partial charge in [-0.25, -0.2) is 4.98 Å². The summed E-state index contributed by atoms with van der Waals surface area (Å²) in [7, 11) is 0. The Morgan fingerprint density at radius 1 is 1.21 bits per heavy atom. The maximum absolute atomic E-state index is 13.2. The zero-order valence-corrected chi connectivity index (χ0v) is 16.3. The molecule has 144 valence electrons. The summed E-state index contributed by atoms with van der Waals surface area (Å²) < 4.78 is 6.02. The number of nitrogens with zero attached hydrogens (tertiary/aromatic N) is 2. The Hall–Kier alpha value is -2.92. The van der Waals surface area contributed by atoms with E-state index in [0.29, 0.717) is 41.8 Å². The third-order valence-electron chi connectivity index (χ3n) is 5.49. The van der Waals surface area contributed by atoms with Crippen LogP contribution in [0.4, 0.5) is 0 Å². The lowest BCUT2D eigenvalue weighted by atomic mass is 10.1. The molecule has 0 spiro atoms. The lowest BCUT2D eigenvalue weighted by Crippen LogP contribution is -2.34. The first-order chi connectivity index (χ1) is 13.6. The van der Waals surface area contributed by atoms with Gasteiger partial charge in [-0.1, -0.05) is 42.0 Å². The number of amides is 1. The molecule has 2 unspecified atom stereocenters. The molecule has 1 fully saturated rings. The number of carbonyl (C=O) groups is 1. The van der Waals surface area contributed by atoms with Crippen molar-refractivity contribution in [2.24, 2.45) is 11.7 Å². The van der Waals surface area contributed by atoms with Crippen molar-refractivity contribution in [2.45, 2.75) is 26.3 Å². The van der Waals surface area contributed by atoms with Gasteiger partial charge in [0.05, 0.1) is 11.8 Å². The number of benzene rings is 2. The van der Waals surface area contributed by atoms with E-state index < -0.39 is 0 Å². The van der Waals surface area contributed by atoms with Crippen molar-refractivity contribution < 1.29 is 9.21 Å². The van der Waals surface area contributed by atoms with Crippen molar-refractivity contribution >= 4 is 5.91 Å². The Balaban J connectivity index is 1.65. The summed E-state index contributed by atoms with van der Waals surface area (Å²) in [6.07, 6.45) is 2.66. The van der Waals surface area contributed by atoms with E-state index in [1.165, 1.54) is 5.56 Å². The Bertz CT molecular complexity index is 978. The van der Waals surface area contributed by atoms with Crippen LogP contribution in [0.5, 0.6) is 0 Å². The quantitative estimate of drug-likeness (QED) is 0.744. The van der Waals surface area contributed by atoms with Gasteiger partial charge in [0, 0.05) is 23.7 Å². The molecule has 1 amide bonds. The molecule has 5 heteroatoms. The number of hydrogen-bond acceptors (Lipinski definition) is 4. The average Bonchev–Trinajstić information content (AvgIpc) is 3.35. The topological polar surface area (TPSA) is 72.4 Å². The molecule has 2 N–H and O–H groups in total. The third-order valence-corrected chi connectivity index (χ3v) is 5.49. The van der Waals surface area contributed by atoms with Gasteiger partial charge < -0.3 is 15.1 Å². The highest BCUT2D eigenvalue weighted by atomic mass is 16.4. The van der Waals surface area contributed by atoms with Crippen LogP contribution in [0.1, 0.15) is 29.3 Å². The van der Waals surface area contributed by atoms with E-state index in [0.717, 1.165) is 12.0 Å². The molecule has 0 aliphatic carbocycles. The van der Waals surface area contributed by atoms with Gasteiger partial charge in [0.1, 0.15) is 0 Å². The van der Waals surface area contributed by atoms with Gasteiger partial charge in [0.25, 0.3) is 5.91 Å². The first kappa shape index (κ1) is 18.4. The number of aryl methyl sites for hydroxylation is 1. The first-order valence-electron chi connectivity index (χ1n) is 9.70. The number of nitrogens with two attached hydrogens (primary N) is 1. The minimum Gasteiger partial charge on any atom is -0.436 e. The van der Waals surface area contributed by atoms with Crippen LogP contribution in [0.2, 0.25) is 0 Å². The van der Waals surface area contributed by atoms with Crippen LogP contribution in [-0.2, 0) is 0 Å². The zero-order chi connectivity index (χ0) is 19.7. The standard InChI is InChI=1S/C23H25N3O2/c1-15-7-9-18(10-8-15)21-13-25-22(28-21)19-5-3-4-6-20(19)23(27)26-14-17(12-24)11-16(26)2/h3-10,13,16-17H,11-12,14,24H2,1-2H3. The summed E-state index contributed by atoms with van der Waals surface area (Å²) in [6.45, 7) is 5.43. The van der Waals surface area contributed by atoms with Crippen LogP contribution in [0.15, 0.2) is 59.1 Å². The van der Waals surface area contributed by atoms with Crippen molar-refractivity contribution in [3.63, 3.8) is 0 Å². The van der Waals surface area contributed by atoms with Gasteiger partial charge in [-0.05, 0) is 44.9 Å².